The molecule has 2 aliphatic rings. The monoisotopic (exact) mass is 509 g/mol. The van der Waals surface area contributed by atoms with Crippen molar-refractivity contribution in [3.63, 3.8) is 0 Å². The van der Waals surface area contributed by atoms with E-state index in [9.17, 15) is 18.0 Å². The summed E-state index contributed by atoms with van der Waals surface area (Å²) in [4.78, 5) is 31.9. The Labute approximate surface area is 210 Å². The maximum absolute atomic E-state index is 13.4. The highest BCUT2D eigenvalue weighted by Gasteiger charge is 2.32. The maximum atomic E-state index is 13.4. The van der Waals surface area contributed by atoms with E-state index in [1.54, 1.807) is 10.7 Å². The van der Waals surface area contributed by atoms with Gasteiger partial charge in [-0.3, -0.25) is 9.59 Å². The molecule has 9 nitrogen and oxygen atoms in total. The molecule has 2 fully saturated rings. The highest BCUT2D eigenvalue weighted by atomic mass is 32.2. The quantitative estimate of drug-likeness (QED) is 0.490. The molecule has 0 saturated carbocycles. The molecule has 1 N–H and O–H groups in total. The van der Waals surface area contributed by atoms with E-state index >= 15 is 0 Å². The second kappa shape index (κ2) is 9.65. The standard InChI is InChI=1S/C26H31N5O4S/c1-17-6-8-19(9-7-17)22-15-21(26(33)27-11-4-13-30-12-3-5-23(30)32)24-18(2)29-31(25(24)28-22)20-10-14-36(34,35)16-20/h6-9,15,20H,3-5,10-14,16H2,1-2H3,(H,27,33). The van der Waals surface area contributed by atoms with Crippen LogP contribution in [0.4, 0.5) is 0 Å². The predicted molar refractivity (Wildman–Crippen MR) is 138 cm³/mol. The minimum absolute atomic E-state index is 0.0242. The van der Waals surface area contributed by atoms with Crippen LogP contribution in [-0.2, 0) is 14.6 Å². The summed E-state index contributed by atoms with van der Waals surface area (Å²) in [5.74, 6) is 0.0981. The number of aromatic nitrogens is 3. The number of nitrogens with one attached hydrogen (secondary N) is 1. The van der Waals surface area contributed by atoms with E-state index < -0.39 is 9.84 Å². The van der Waals surface area contributed by atoms with Gasteiger partial charge in [0.25, 0.3) is 5.91 Å². The van der Waals surface area contributed by atoms with Gasteiger partial charge in [0.05, 0.1) is 39.9 Å². The number of fused-ring (bicyclic) bond motifs is 1. The van der Waals surface area contributed by atoms with Crippen LogP contribution in [0.3, 0.4) is 0 Å². The summed E-state index contributed by atoms with van der Waals surface area (Å²) in [6, 6.07) is 9.40. The van der Waals surface area contributed by atoms with E-state index in [1.807, 2.05) is 43.0 Å². The van der Waals surface area contributed by atoms with Crippen molar-refractivity contribution in [2.24, 2.45) is 0 Å². The number of carbonyl (C=O) groups excluding carboxylic acids is 2. The van der Waals surface area contributed by atoms with Crippen LogP contribution in [0.1, 0.15) is 53.3 Å². The third kappa shape index (κ3) is 4.86. The van der Waals surface area contributed by atoms with Gasteiger partial charge in [0.15, 0.2) is 15.5 Å². The van der Waals surface area contributed by atoms with E-state index in [-0.39, 0.29) is 29.4 Å². The fourth-order valence-electron chi connectivity index (χ4n) is 5.09. The predicted octanol–water partition coefficient (Wildman–Crippen LogP) is 2.82. The summed E-state index contributed by atoms with van der Waals surface area (Å²) in [6.45, 7) is 5.69. The van der Waals surface area contributed by atoms with Gasteiger partial charge in [0.2, 0.25) is 5.91 Å². The number of likely N-dealkylation sites (tertiary alicyclic amines) is 1. The van der Waals surface area contributed by atoms with E-state index in [2.05, 4.69) is 10.4 Å². The molecule has 2 saturated heterocycles. The molecule has 0 aliphatic carbocycles. The molecule has 1 atom stereocenters. The first-order chi connectivity index (χ1) is 17.2. The fourth-order valence-corrected chi connectivity index (χ4v) is 6.79. The molecule has 1 aromatic carbocycles. The van der Waals surface area contributed by atoms with Crippen molar-refractivity contribution in [2.75, 3.05) is 31.1 Å². The molecule has 0 spiro atoms. The number of nitrogens with zero attached hydrogens (tertiary/aromatic N) is 4. The average molecular weight is 510 g/mol. The number of carbonyl (C=O) groups is 2. The second-order valence-electron chi connectivity index (χ2n) is 9.80. The zero-order valence-corrected chi connectivity index (χ0v) is 21.5. The Morgan fingerprint density at radius 3 is 2.64 bits per heavy atom. The number of amides is 2. The molecule has 4 heterocycles. The van der Waals surface area contributed by atoms with Crippen LogP contribution in [0.5, 0.6) is 0 Å². The first kappa shape index (κ1) is 24.4. The van der Waals surface area contributed by atoms with E-state index in [1.165, 1.54) is 0 Å². The van der Waals surface area contributed by atoms with Gasteiger partial charge in [-0.05, 0) is 39.2 Å². The SMILES string of the molecule is Cc1ccc(-c2cc(C(=O)NCCCN3CCCC3=O)c3c(C)nn(C4CCS(=O)(=O)C4)c3n2)cc1. The van der Waals surface area contributed by atoms with Crippen molar-refractivity contribution in [3.8, 4) is 11.3 Å². The molecule has 5 rings (SSSR count). The Balaban J connectivity index is 1.48. The van der Waals surface area contributed by atoms with Crippen LogP contribution in [0.15, 0.2) is 30.3 Å². The number of sulfone groups is 1. The minimum atomic E-state index is -3.12. The van der Waals surface area contributed by atoms with Gasteiger partial charge in [0.1, 0.15) is 0 Å². The zero-order valence-electron chi connectivity index (χ0n) is 20.7. The first-order valence-corrected chi connectivity index (χ1v) is 14.3. The van der Waals surface area contributed by atoms with Crippen LogP contribution < -0.4 is 5.32 Å². The Kier molecular flexibility index (Phi) is 6.55. The van der Waals surface area contributed by atoms with E-state index in [4.69, 9.17) is 4.98 Å². The average Bonchev–Trinajstić information content (AvgIpc) is 3.53. The smallest absolute Gasteiger partial charge is 0.252 e. The van der Waals surface area contributed by atoms with Crippen LogP contribution in [-0.4, -0.2) is 71.0 Å². The number of hydrogen-bond donors (Lipinski definition) is 1. The van der Waals surface area contributed by atoms with Gasteiger partial charge in [0, 0.05) is 31.6 Å². The topological polar surface area (TPSA) is 114 Å². The van der Waals surface area contributed by atoms with Gasteiger partial charge >= 0.3 is 0 Å². The number of pyridine rings is 1. The third-order valence-electron chi connectivity index (χ3n) is 7.04. The van der Waals surface area contributed by atoms with Crippen molar-refractivity contribution in [1.29, 1.82) is 0 Å². The lowest BCUT2D eigenvalue weighted by molar-refractivity contribution is -0.127. The first-order valence-electron chi connectivity index (χ1n) is 12.4. The molecule has 2 aliphatic heterocycles. The lowest BCUT2D eigenvalue weighted by atomic mass is 10.0. The summed E-state index contributed by atoms with van der Waals surface area (Å²) in [5.41, 5.74) is 4.26. The van der Waals surface area contributed by atoms with Crippen molar-refractivity contribution < 1.29 is 18.0 Å². The summed E-state index contributed by atoms with van der Waals surface area (Å²) in [6.07, 6.45) is 2.66. The Bertz CT molecular complexity index is 1430. The Morgan fingerprint density at radius 2 is 1.97 bits per heavy atom. The van der Waals surface area contributed by atoms with Crippen LogP contribution in [0.2, 0.25) is 0 Å². The van der Waals surface area contributed by atoms with Crippen molar-refractivity contribution in [2.45, 2.75) is 45.6 Å². The third-order valence-corrected chi connectivity index (χ3v) is 8.80. The van der Waals surface area contributed by atoms with Gasteiger partial charge in [-0.15, -0.1) is 0 Å². The number of aryl methyl sites for hydroxylation is 2. The highest BCUT2D eigenvalue weighted by molar-refractivity contribution is 7.91. The minimum Gasteiger partial charge on any atom is -0.352 e. The van der Waals surface area contributed by atoms with Crippen LogP contribution in [0, 0.1) is 13.8 Å². The Hall–Kier alpha value is -3.27. The number of rotatable bonds is 7. The molecule has 10 heteroatoms. The summed E-state index contributed by atoms with van der Waals surface area (Å²) in [7, 11) is -3.12. The van der Waals surface area contributed by atoms with E-state index in [0.29, 0.717) is 60.3 Å². The molecule has 0 radical (unpaired) electrons. The van der Waals surface area contributed by atoms with Gasteiger partial charge in [-0.25, -0.2) is 18.1 Å². The molecule has 36 heavy (non-hydrogen) atoms. The highest BCUT2D eigenvalue weighted by Crippen LogP contribution is 2.32. The molecule has 3 aromatic rings. The van der Waals surface area contributed by atoms with Crippen LogP contribution >= 0.6 is 0 Å². The molecule has 2 amide bonds. The van der Waals surface area contributed by atoms with Gasteiger partial charge in [-0.2, -0.15) is 5.10 Å². The van der Waals surface area contributed by atoms with Crippen molar-refractivity contribution in [3.05, 3.63) is 47.2 Å². The molecular formula is C26H31N5O4S. The lowest BCUT2D eigenvalue weighted by Gasteiger charge is -2.15. The zero-order chi connectivity index (χ0) is 25.4. The fraction of sp³-hybridized carbons (Fsp3) is 0.462. The Morgan fingerprint density at radius 1 is 1.19 bits per heavy atom. The molecule has 0 bridgehead atoms. The molecule has 2 aromatic heterocycles. The number of hydrogen-bond acceptors (Lipinski definition) is 6. The second-order valence-corrected chi connectivity index (χ2v) is 12.0. The normalized spacial score (nSPS) is 19.3. The lowest BCUT2D eigenvalue weighted by Crippen LogP contribution is -2.30. The van der Waals surface area contributed by atoms with Crippen LogP contribution in [0.25, 0.3) is 22.3 Å². The van der Waals surface area contributed by atoms with E-state index in [0.717, 1.165) is 24.1 Å². The summed E-state index contributed by atoms with van der Waals surface area (Å²) >= 11 is 0. The maximum Gasteiger partial charge on any atom is 0.252 e. The molecule has 190 valence electrons. The molecule has 1 unspecified atom stereocenters. The van der Waals surface area contributed by atoms with Gasteiger partial charge in [-0.1, -0.05) is 29.8 Å². The molecular weight excluding hydrogens is 478 g/mol. The van der Waals surface area contributed by atoms with Gasteiger partial charge < -0.3 is 10.2 Å². The largest absolute Gasteiger partial charge is 0.352 e. The summed E-state index contributed by atoms with van der Waals surface area (Å²) < 4.78 is 26.0. The van der Waals surface area contributed by atoms with Crippen molar-refractivity contribution in [1.82, 2.24) is 25.0 Å². The number of benzene rings is 1. The summed E-state index contributed by atoms with van der Waals surface area (Å²) in [5, 5.41) is 8.29. The van der Waals surface area contributed by atoms with Crippen molar-refractivity contribution >= 4 is 32.7 Å².